The highest BCUT2D eigenvalue weighted by molar-refractivity contribution is 5.71. The Morgan fingerprint density at radius 3 is 0.705 bits per heavy atom. The van der Waals surface area contributed by atoms with E-state index in [2.05, 4.69) is 45.1 Å². The Kier molecular flexibility index (Phi) is 65.6. The molecule has 6 nitrogen and oxygen atoms in total. The quantitative estimate of drug-likeness (QED) is 0.0261. The lowest BCUT2D eigenvalue weighted by Crippen LogP contribution is -2.30. The van der Waals surface area contributed by atoms with Gasteiger partial charge in [0, 0.05) is 19.3 Å². The van der Waals surface area contributed by atoms with Crippen LogP contribution >= 0.6 is 0 Å². The number of hydrogen-bond acceptors (Lipinski definition) is 6. The molecule has 0 amide bonds. The Hall–Kier alpha value is -2.11. The Balaban J connectivity index is 4.30. The molecule has 0 aliphatic carbocycles. The van der Waals surface area contributed by atoms with Crippen molar-refractivity contribution in [2.75, 3.05) is 13.2 Å². The summed E-state index contributed by atoms with van der Waals surface area (Å²) in [5, 5.41) is 0. The van der Waals surface area contributed by atoms with Crippen molar-refractivity contribution in [2.24, 2.45) is 0 Å². The van der Waals surface area contributed by atoms with Gasteiger partial charge in [0.1, 0.15) is 13.2 Å². The van der Waals surface area contributed by atoms with Crippen LogP contribution in [0, 0.1) is 0 Å². The van der Waals surface area contributed by atoms with E-state index in [1.54, 1.807) is 0 Å². The first-order valence-electron chi connectivity index (χ1n) is 35.3. The van der Waals surface area contributed by atoms with Gasteiger partial charge in [-0.3, -0.25) is 14.4 Å². The van der Waals surface area contributed by atoms with Gasteiger partial charge in [0.25, 0.3) is 0 Å². The van der Waals surface area contributed by atoms with E-state index in [1.165, 1.54) is 295 Å². The highest BCUT2D eigenvalue weighted by Crippen LogP contribution is 2.19. The van der Waals surface area contributed by atoms with Crippen molar-refractivity contribution < 1.29 is 28.6 Å². The number of rotatable bonds is 66. The van der Waals surface area contributed by atoms with E-state index in [9.17, 15) is 14.4 Å². The molecule has 0 spiro atoms. The molecule has 1 unspecified atom stereocenters. The number of ether oxygens (including phenoxy) is 3. The summed E-state index contributed by atoms with van der Waals surface area (Å²) in [5.74, 6) is -0.835. The summed E-state index contributed by atoms with van der Waals surface area (Å²) >= 11 is 0. The smallest absolute Gasteiger partial charge is 0.306 e. The maximum atomic E-state index is 13.0. The minimum absolute atomic E-state index is 0.0656. The van der Waals surface area contributed by atoms with E-state index in [0.717, 1.165) is 64.2 Å². The van der Waals surface area contributed by atoms with Crippen LogP contribution in [-0.2, 0) is 28.6 Å². The summed E-state index contributed by atoms with van der Waals surface area (Å²) in [6, 6.07) is 0. The maximum absolute atomic E-state index is 13.0. The van der Waals surface area contributed by atoms with Crippen LogP contribution in [0.2, 0.25) is 0 Å². The summed E-state index contributed by atoms with van der Waals surface area (Å²) in [7, 11) is 0. The summed E-state index contributed by atoms with van der Waals surface area (Å²) in [4.78, 5) is 38.5. The van der Waals surface area contributed by atoms with Gasteiger partial charge in [-0.25, -0.2) is 0 Å². The van der Waals surface area contributed by atoms with Crippen LogP contribution < -0.4 is 0 Å². The molecule has 0 aliphatic rings. The lowest BCUT2D eigenvalue weighted by Gasteiger charge is -2.18. The molecule has 0 aromatic carbocycles. The molecule has 0 fully saturated rings. The highest BCUT2D eigenvalue weighted by Gasteiger charge is 2.19. The van der Waals surface area contributed by atoms with Crippen molar-refractivity contribution >= 4 is 17.9 Å². The zero-order chi connectivity index (χ0) is 56.4. The van der Waals surface area contributed by atoms with Crippen LogP contribution in [0.4, 0.5) is 0 Å². The van der Waals surface area contributed by atoms with E-state index in [0.29, 0.717) is 19.3 Å². The van der Waals surface area contributed by atoms with Gasteiger partial charge in [-0.15, -0.1) is 0 Å². The molecule has 0 bridgehead atoms. The van der Waals surface area contributed by atoms with Crippen LogP contribution in [0.3, 0.4) is 0 Å². The van der Waals surface area contributed by atoms with E-state index >= 15 is 0 Å². The second kappa shape index (κ2) is 67.4. The fraction of sp³-hybridized carbons (Fsp3) is 0.903. The van der Waals surface area contributed by atoms with E-state index < -0.39 is 6.10 Å². The first kappa shape index (κ1) is 75.9. The van der Waals surface area contributed by atoms with Crippen LogP contribution in [0.15, 0.2) is 24.3 Å². The molecule has 0 saturated carbocycles. The highest BCUT2D eigenvalue weighted by atomic mass is 16.6. The van der Waals surface area contributed by atoms with Crippen molar-refractivity contribution in [2.45, 2.75) is 406 Å². The summed E-state index contributed by atoms with van der Waals surface area (Å²) in [6.07, 6.45) is 82.0. The molecule has 0 aromatic heterocycles. The molecule has 0 aliphatic heterocycles. The third-order valence-corrected chi connectivity index (χ3v) is 16.2. The first-order valence-corrected chi connectivity index (χ1v) is 35.3. The van der Waals surface area contributed by atoms with Crippen LogP contribution in [0.5, 0.6) is 0 Å². The number of carbonyl (C=O) groups excluding carboxylic acids is 3. The summed E-state index contributed by atoms with van der Waals surface area (Å²) in [5.41, 5.74) is 0. The normalized spacial score (nSPS) is 12.1. The van der Waals surface area contributed by atoms with Crippen molar-refractivity contribution in [3.8, 4) is 0 Å². The molecule has 460 valence electrons. The van der Waals surface area contributed by atoms with Crippen LogP contribution in [0.25, 0.3) is 0 Å². The molecule has 6 heteroatoms. The fourth-order valence-electron chi connectivity index (χ4n) is 10.9. The van der Waals surface area contributed by atoms with Crippen LogP contribution in [-0.4, -0.2) is 37.2 Å². The van der Waals surface area contributed by atoms with Gasteiger partial charge >= 0.3 is 17.9 Å². The largest absolute Gasteiger partial charge is 0.462 e. The van der Waals surface area contributed by atoms with Crippen LogP contribution in [0.1, 0.15) is 400 Å². The minimum atomic E-state index is -0.770. The van der Waals surface area contributed by atoms with E-state index in [-0.39, 0.29) is 31.1 Å². The number of carbonyl (C=O) groups is 3. The number of allylic oxidation sites excluding steroid dienone is 4. The van der Waals surface area contributed by atoms with E-state index in [1.807, 2.05) is 0 Å². The van der Waals surface area contributed by atoms with Gasteiger partial charge in [0.05, 0.1) is 0 Å². The number of hydrogen-bond donors (Lipinski definition) is 0. The molecule has 0 heterocycles. The third-order valence-electron chi connectivity index (χ3n) is 16.2. The Morgan fingerprint density at radius 1 is 0.256 bits per heavy atom. The van der Waals surface area contributed by atoms with Gasteiger partial charge in [0.2, 0.25) is 0 Å². The third kappa shape index (κ3) is 64.7. The number of esters is 3. The van der Waals surface area contributed by atoms with Crippen molar-refractivity contribution in [1.29, 1.82) is 0 Å². The molecule has 0 rings (SSSR count). The van der Waals surface area contributed by atoms with Gasteiger partial charge in [0.15, 0.2) is 6.10 Å². The van der Waals surface area contributed by atoms with E-state index in [4.69, 9.17) is 14.2 Å². The number of unbranched alkanes of at least 4 members (excludes halogenated alkanes) is 51. The Labute approximate surface area is 487 Å². The topological polar surface area (TPSA) is 78.9 Å². The lowest BCUT2D eigenvalue weighted by atomic mass is 10.0. The minimum Gasteiger partial charge on any atom is -0.462 e. The van der Waals surface area contributed by atoms with Gasteiger partial charge in [-0.1, -0.05) is 353 Å². The predicted molar refractivity (Wildman–Crippen MR) is 340 cm³/mol. The van der Waals surface area contributed by atoms with Crippen molar-refractivity contribution in [3.05, 3.63) is 24.3 Å². The standard InChI is InChI=1S/C72H136O6/c1-4-7-10-13-16-19-22-25-28-31-34-36-38-41-44-47-50-53-56-59-62-65-71(74)77-68-69(67-76-70(73)64-61-58-55-52-49-46-43-40-33-30-27-24-21-18-15-12-9-6-3)78-72(75)66-63-60-57-54-51-48-45-42-39-37-35-32-29-26-23-20-17-14-11-8-5-2/h22,25,31,34,69H,4-21,23-24,26-30,32-33,35-68H2,1-3H3/b25-22-,34-31-. The summed E-state index contributed by atoms with van der Waals surface area (Å²) in [6.45, 7) is 6.72. The maximum Gasteiger partial charge on any atom is 0.306 e. The predicted octanol–water partition coefficient (Wildman–Crippen LogP) is 24.2. The fourth-order valence-corrected chi connectivity index (χ4v) is 10.9. The molecule has 78 heavy (non-hydrogen) atoms. The second-order valence-electron chi connectivity index (χ2n) is 24.2. The average molecular weight is 1100 g/mol. The van der Waals surface area contributed by atoms with Crippen molar-refractivity contribution in [3.63, 3.8) is 0 Å². The second-order valence-corrected chi connectivity index (χ2v) is 24.2. The lowest BCUT2D eigenvalue weighted by molar-refractivity contribution is -0.167. The molecule has 0 radical (unpaired) electrons. The van der Waals surface area contributed by atoms with Gasteiger partial charge in [-0.05, 0) is 51.4 Å². The Bertz CT molecular complexity index is 1260. The molecule has 0 aromatic rings. The summed E-state index contributed by atoms with van der Waals surface area (Å²) < 4.78 is 17.0. The SMILES string of the molecule is CCCCCCC/C=C\C/C=C\CCCCCCCCCCCC(=O)OCC(COC(=O)CCCCCCCCCCCCCCCCCCCC)OC(=O)CCCCCCCCCCCCCCCCCCCCCCC. The van der Waals surface area contributed by atoms with Gasteiger partial charge < -0.3 is 14.2 Å². The zero-order valence-electron chi connectivity index (χ0n) is 53.0. The molecular weight excluding hydrogens is 961 g/mol. The average Bonchev–Trinajstić information content (AvgIpc) is 3.44. The molecule has 0 N–H and O–H groups in total. The molecule has 1 atom stereocenters. The zero-order valence-corrected chi connectivity index (χ0v) is 53.0. The first-order chi connectivity index (χ1) is 38.5. The Morgan fingerprint density at radius 2 is 0.462 bits per heavy atom. The van der Waals surface area contributed by atoms with Crippen molar-refractivity contribution in [1.82, 2.24) is 0 Å². The monoisotopic (exact) mass is 1100 g/mol. The van der Waals surface area contributed by atoms with Gasteiger partial charge in [-0.2, -0.15) is 0 Å². The molecule has 0 saturated heterocycles. The molecular formula is C72H136O6.